The molecule has 1 aromatic heterocycles. The van der Waals surface area contributed by atoms with Crippen LogP contribution in [-0.2, 0) is 6.54 Å². The normalized spacial score (nSPS) is 10.0. The minimum atomic E-state index is 0.630. The van der Waals surface area contributed by atoms with Crippen LogP contribution in [0.15, 0.2) is 36.5 Å². The molecule has 0 aliphatic rings. The van der Waals surface area contributed by atoms with E-state index in [0.29, 0.717) is 6.54 Å². The number of aromatic nitrogens is 1. The first-order chi connectivity index (χ1) is 6.92. The summed E-state index contributed by atoms with van der Waals surface area (Å²) in [6.07, 6.45) is 1.81. The zero-order valence-electron chi connectivity index (χ0n) is 7.53. The molecule has 0 aliphatic heterocycles. The lowest BCUT2D eigenvalue weighted by atomic mass is 10.1. The number of thiocarbonyl (C=S) groups is 1. The van der Waals surface area contributed by atoms with E-state index in [2.05, 4.69) is 40.1 Å². The number of pyridine rings is 1. The Balaban J connectivity index is 2.48. The molecule has 1 heterocycles. The molecule has 2 aromatic rings. The van der Waals surface area contributed by atoms with E-state index in [0.717, 1.165) is 11.1 Å². The van der Waals surface area contributed by atoms with Gasteiger partial charge in [0, 0.05) is 11.6 Å². The quantitative estimate of drug-likeness (QED) is 0.608. The maximum absolute atomic E-state index is 4.58. The van der Waals surface area contributed by atoms with E-state index in [1.54, 1.807) is 0 Å². The lowest BCUT2D eigenvalue weighted by Gasteiger charge is -2.03. The highest BCUT2D eigenvalue weighted by Gasteiger charge is 1.99. The first kappa shape index (κ1) is 9.09. The predicted molar refractivity (Wildman–Crippen MR) is 61.2 cm³/mol. The van der Waals surface area contributed by atoms with E-state index in [-0.39, 0.29) is 0 Å². The van der Waals surface area contributed by atoms with Crippen molar-refractivity contribution < 1.29 is 0 Å². The molecular formula is C11H9N2S. The minimum absolute atomic E-state index is 0.630. The highest BCUT2D eigenvalue weighted by molar-refractivity contribution is 7.78. The average Bonchev–Trinajstić information content (AvgIpc) is 2.26. The Morgan fingerprint density at radius 2 is 2.14 bits per heavy atom. The molecule has 1 N–H and O–H groups in total. The third-order valence-electron chi connectivity index (χ3n) is 2.08. The number of hydrogen-bond acceptors (Lipinski definition) is 2. The van der Waals surface area contributed by atoms with Crippen molar-refractivity contribution in [2.24, 2.45) is 0 Å². The Bertz CT molecular complexity index is 448. The first-order valence-electron chi connectivity index (χ1n) is 4.34. The van der Waals surface area contributed by atoms with Gasteiger partial charge in [-0.25, -0.2) is 0 Å². The number of benzene rings is 1. The van der Waals surface area contributed by atoms with Crippen LogP contribution in [0.5, 0.6) is 0 Å². The Labute approximate surface area is 88.0 Å². The van der Waals surface area contributed by atoms with Gasteiger partial charge in [0.2, 0.25) is 0 Å². The molecular weight excluding hydrogens is 192 g/mol. The van der Waals surface area contributed by atoms with Gasteiger partial charge in [-0.2, -0.15) is 0 Å². The van der Waals surface area contributed by atoms with Crippen molar-refractivity contribution in [1.82, 2.24) is 10.3 Å². The van der Waals surface area contributed by atoms with Crippen LogP contribution in [0.4, 0.5) is 0 Å². The Morgan fingerprint density at radius 3 is 3.00 bits per heavy atom. The highest BCUT2D eigenvalue weighted by atomic mass is 32.1. The van der Waals surface area contributed by atoms with Gasteiger partial charge in [0.25, 0.3) is 0 Å². The van der Waals surface area contributed by atoms with E-state index in [1.165, 1.54) is 5.39 Å². The van der Waals surface area contributed by atoms with Crippen LogP contribution >= 0.6 is 12.2 Å². The van der Waals surface area contributed by atoms with Gasteiger partial charge in [-0.1, -0.05) is 36.5 Å². The fourth-order valence-corrected chi connectivity index (χ4v) is 1.52. The molecule has 1 aromatic carbocycles. The summed E-state index contributed by atoms with van der Waals surface area (Å²) in [4.78, 5) is 4.30. The van der Waals surface area contributed by atoms with E-state index >= 15 is 0 Å². The number of nitrogens with one attached hydrogen (secondary N) is 1. The van der Waals surface area contributed by atoms with Crippen LogP contribution in [0.3, 0.4) is 0 Å². The Morgan fingerprint density at radius 1 is 1.29 bits per heavy atom. The third kappa shape index (κ3) is 1.72. The van der Waals surface area contributed by atoms with Crippen molar-refractivity contribution in [2.75, 3.05) is 0 Å². The first-order valence-corrected chi connectivity index (χ1v) is 4.75. The van der Waals surface area contributed by atoms with Crippen molar-refractivity contribution in [1.29, 1.82) is 0 Å². The predicted octanol–water partition coefficient (Wildman–Crippen LogP) is 2.16. The van der Waals surface area contributed by atoms with Crippen LogP contribution in [0.2, 0.25) is 0 Å². The summed E-state index contributed by atoms with van der Waals surface area (Å²) in [7, 11) is 0. The molecule has 0 fully saturated rings. The highest BCUT2D eigenvalue weighted by Crippen LogP contribution is 2.15. The van der Waals surface area contributed by atoms with Crippen molar-refractivity contribution in [3.8, 4) is 0 Å². The largest absolute Gasteiger partial charge is 0.368 e. The standard InChI is InChI=1S/C11H9N2S/c14-8-12-7-11-10-4-2-1-3-9(10)5-6-13-11/h1-6H,7H2,(H,12,14). The van der Waals surface area contributed by atoms with E-state index in [1.807, 2.05) is 24.4 Å². The average molecular weight is 201 g/mol. The molecule has 0 amide bonds. The van der Waals surface area contributed by atoms with Crippen molar-refractivity contribution in [3.05, 3.63) is 42.2 Å². The second-order valence-corrected chi connectivity index (χ2v) is 3.14. The fraction of sp³-hybridized carbons (Fsp3) is 0.0909. The molecule has 0 unspecified atom stereocenters. The van der Waals surface area contributed by atoms with Gasteiger partial charge in [-0.3, -0.25) is 4.98 Å². The van der Waals surface area contributed by atoms with E-state index in [9.17, 15) is 0 Å². The van der Waals surface area contributed by atoms with Crippen LogP contribution in [0.1, 0.15) is 5.69 Å². The molecule has 0 aliphatic carbocycles. The van der Waals surface area contributed by atoms with Gasteiger partial charge in [0.05, 0.1) is 12.2 Å². The number of rotatable bonds is 3. The lowest BCUT2D eigenvalue weighted by molar-refractivity contribution is 0.909. The smallest absolute Gasteiger partial charge is 0.134 e. The maximum atomic E-state index is 4.58. The fourth-order valence-electron chi connectivity index (χ4n) is 1.44. The van der Waals surface area contributed by atoms with Gasteiger partial charge >= 0.3 is 0 Å². The van der Waals surface area contributed by atoms with E-state index < -0.39 is 0 Å². The minimum Gasteiger partial charge on any atom is -0.368 e. The molecule has 2 rings (SSSR count). The van der Waals surface area contributed by atoms with Gasteiger partial charge in [0.15, 0.2) is 0 Å². The molecule has 0 atom stereocenters. The van der Waals surface area contributed by atoms with E-state index in [4.69, 9.17) is 0 Å². The molecule has 0 saturated heterocycles. The summed E-state index contributed by atoms with van der Waals surface area (Å²) in [6, 6.07) is 10.2. The summed E-state index contributed by atoms with van der Waals surface area (Å²) in [6.45, 7) is 0.630. The summed E-state index contributed by atoms with van der Waals surface area (Å²) >= 11 is 4.58. The summed E-state index contributed by atoms with van der Waals surface area (Å²) in [5, 5.41) is 5.22. The lowest BCUT2D eigenvalue weighted by Crippen LogP contribution is -2.10. The number of nitrogens with zero attached hydrogens (tertiary/aromatic N) is 1. The van der Waals surface area contributed by atoms with Crippen LogP contribution in [0, 0.1) is 0 Å². The molecule has 14 heavy (non-hydrogen) atoms. The van der Waals surface area contributed by atoms with Gasteiger partial charge in [-0.05, 0) is 11.5 Å². The molecule has 1 radical (unpaired) electrons. The molecule has 69 valence electrons. The monoisotopic (exact) mass is 201 g/mol. The van der Waals surface area contributed by atoms with Crippen LogP contribution in [-0.4, -0.2) is 10.5 Å². The molecule has 0 saturated carbocycles. The van der Waals surface area contributed by atoms with Crippen molar-refractivity contribution in [3.63, 3.8) is 0 Å². The van der Waals surface area contributed by atoms with Crippen LogP contribution in [0.25, 0.3) is 10.8 Å². The van der Waals surface area contributed by atoms with Gasteiger partial charge in [0.1, 0.15) is 5.49 Å². The molecule has 0 bridgehead atoms. The Kier molecular flexibility index (Phi) is 2.70. The zero-order chi connectivity index (χ0) is 9.80. The van der Waals surface area contributed by atoms with Gasteiger partial charge in [-0.15, -0.1) is 0 Å². The summed E-state index contributed by atoms with van der Waals surface area (Å²) in [5.74, 6) is 0. The SMILES string of the molecule is S=[C]NCc1nccc2ccccc12. The summed E-state index contributed by atoms with van der Waals surface area (Å²) in [5.41, 5.74) is 3.47. The van der Waals surface area contributed by atoms with Gasteiger partial charge < -0.3 is 5.32 Å². The van der Waals surface area contributed by atoms with Crippen LogP contribution < -0.4 is 5.32 Å². The number of hydrogen-bond donors (Lipinski definition) is 1. The van der Waals surface area contributed by atoms with Crippen molar-refractivity contribution in [2.45, 2.75) is 6.54 Å². The molecule has 0 spiro atoms. The second kappa shape index (κ2) is 4.15. The third-order valence-corrected chi connectivity index (χ3v) is 2.23. The topological polar surface area (TPSA) is 24.9 Å². The maximum Gasteiger partial charge on any atom is 0.134 e. The molecule has 3 heteroatoms. The van der Waals surface area contributed by atoms with Crippen molar-refractivity contribution >= 4 is 28.5 Å². The molecule has 2 nitrogen and oxygen atoms in total. The number of fused-ring (bicyclic) bond motifs is 1. The summed E-state index contributed by atoms with van der Waals surface area (Å²) < 4.78 is 0. The second-order valence-electron chi connectivity index (χ2n) is 2.93. The Hall–Kier alpha value is -1.48. The zero-order valence-corrected chi connectivity index (χ0v) is 8.34.